The van der Waals surface area contributed by atoms with Crippen LogP contribution in [-0.2, 0) is 4.79 Å². The van der Waals surface area contributed by atoms with Crippen LogP contribution >= 0.6 is 0 Å². The Bertz CT molecular complexity index is 802. The van der Waals surface area contributed by atoms with Crippen LogP contribution in [-0.4, -0.2) is 54.3 Å². The van der Waals surface area contributed by atoms with Gasteiger partial charge in [0.1, 0.15) is 12.3 Å². The van der Waals surface area contributed by atoms with Crippen LogP contribution in [0.25, 0.3) is 0 Å². The molecule has 3 rings (SSSR count). The van der Waals surface area contributed by atoms with Crippen molar-refractivity contribution in [2.45, 2.75) is 6.42 Å². The van der Waals surface area contributed by atoms with Crippen molar-refractivity contribution in [3.63, 3.8) is 0 Å². The van der Waals surface area contributed by atoms with Crippen LogP contribution in [0.1, 0.15) is 22.3 Å². The highest BCUT2D eigenvalue weighted by molar-refractivity contribution is 5.94. The van der Waals surface area contributed by atoms with E-state index in [2.05, 4.69) is 16.3 Å². The molecule has 0 spiro atoms. The van der Waals surface area contributed by atoms with E-state index >= 15 is 0 Å². The molecule has 1 aromatic carbocycles. The van der Waals surface area contributed by atoms with Gasteiger partial charge in [0.25, 0.3) is 5.91 Å². The minimum absolute atomic E-state index is 0.0238. The number of benzene rings is 1. The summed E-state index contributed by atoms with van der Waals surface area (Å²) < 4.78 is 4.96. The highest BCUT2D eigenvalue weighted by atomic mass is 16.3. The first-order valence-corrected chi connectivity index (χ1v) is 8.50. The van der Waals surface area contributed by atoms with E-state index in [0.29, 0.717) is 42.9 Å². The van der Waals surface area contributed by atoms with E-state index < -0.39 is 0 Å². The molecule has 2 amide bonds. The van der Waals surface area contributed by atoms with E-state index in [4.69, 9.17) is 9.68 Å². The van der Waals surface area contributed by atoms with Crippen LogP contribution < -0.4 is 5.32 Å². The fraction of sp³-hybridized carbons (Fsp3) is 0.316. The molecular formula is C19H20N4O3. The fourth-order valence-corrected chi connectivity index (χ4v) is 2.91. The molecule has 0 radical (unpaired) electrons. The van der Waals surface area contributed by atoms with Gasteiger partial charge in [-0.2, -0.15) is 5.26 Å². The normalized spacial score (nSPS) is 14.7. The van der Waals surface area contributed by atoms with Crippen molar-refractivity contribution in [2.24, 2.45) is 0 Å². The van der Waals surface area contributed by atoms with Crippen LogP contribution in [0.4, 0.5) is 5.69 Å². The van der Waals surface area contributed by atoms with Crippen LogP contribution in [0.15, 0.2) is 47.3 Å². The third-order valence-electron chi connectivity index (χ3n) is 4.40. The lowest BCUT2D eigenvalue weighted by Gasteiger charge is -2.34. The molecule has 2 aromatic rings. The van der Waals surface area contributed by atoms with Crippen molar-refractivity contribution < 1.29 is 14.0 Å². The van der Waals surface area contributed by atoms with Gasteiger partial charge in [0.2, 0.25) is 5.91 Å². The average molecular weight is 352 g/mol. The lowest BCUT2D eigenvalue weighted by molar-refractivity contribution is -0.116. The largest absolute Gasteiger partial charge is 0.472 e. The maximum absolute atomic E-state index is 12.3. The molecule has 0 aliphatic carbocycles. The summed E-state index contributed by atoms with van der Waals surface area (Å²) in [5.41, 5.74) is 1.55. The molecule has 0 unspecified atom stereocenters. The van der Waals surface area contributed by atoms with Crippen molar-refractivity contribution in [1.82, 2.24) is 9.80 Å². The van der Waals surface area contributed by atoms with Crippen LogP contribution in [0.3, 0.4) is 0 Å². The molecule has 134 valence electrons. The topological polar surface area (TPSA) is 89.6 Å². The van der Waals surface area contributed by atoms with E-state index in [-0.39, 0.29) is 11.8 Å². The smallest absolute Gasteiger partial charge is 0.257 e. The molecule has 2 heterocycles. The monoisotopic (exact) mass is 352 g/mol. The number of nitrogens with zero attached hydrogens (tertiary/aromatic N) is 3. The van der Waals surface area contributed by atoms with E-state index in [1.54, 1.807) is 35.2 Å². The Hall–Kier alpha value is -3.11. The second kappa shape index (κ2) is 8.32. The van der Waals surface area contributed by atoms with Crippen LogP contribution in [0.5, 0.6) is 0 Å². The molecule has 7 nitrogen and oxygen atoms in total. The van der Waals surface area contributed by atoms with Crippen molar-refractivity contribution in [3.8, 4) is 6.07 Å². The third-order valence-corrected chi connectivity index (χ3v) is 4.40. The highest BCUT2D eigenvalue weighted by Crippen LogP contribution is 2.14. The summed E-state index contributed by atoms with van der Waals surface area (Å²) in [5, 5.41) is 11.8. The standard InChI is InChI=1S/C19H20N4O3/c20-13-15-3-1-2-4-17(15)21-18(24)5-7-22-8-10-23(11-9-22)19(25)16-6-12-26-14-16/h1-4,6,12,14H,5,7-11H2,(H,21,24). The SMILES string of the molecule is N#Cc1ccccc1NC(=O)CCN1CCN(C(=O)c2ccoc2)CC1. The molecule has 26 heavy (non-hydrogen) atoms. The number of nitrogens with one attached hydrogen (secondary N) is 1. The Labute approximate surface area is 151 Å². The van der Waals surface area contributed by atoms with Gasteiger partial charge < -0.3 is 14.6 Å². The van der Waals surface area contributed by atoms with E-state index in [9.17, 15) is 9.59 Å². The summed E-state index contributed by atoms with van der Waals surface area (Å²) in [5.74, 6) is -0.145. The van der Waals surface area contributed by atoms with Crippen molar-refractivity contribution in [3.05, 3.63) is 54.0 Å². The van der Waals surface area contributed by atoms with Gasteiger partial charge in [0.15, 0.2) is 0 Å². The van der Waals surface area contributed by atoms with E-state index in [1.807, 2.05) is 0 Å². The number of carbonyl (C=O) groups is 2. The summed E-state index contributed by atoms with van der Waals surface area (Å²) >= 11 is 0. The summed E-state index contributed by atoms with van der Waals surface area (Å²) in [7, 11) is 0. The molecule has 0 bridgehead atoms. The zero-order valence-electron chi connectivity index (χ0n) is 14.4. The van der Waals surface area contributed by atoms with Crippen molar-refractivity contribution in [2.75, 3.05) is 38.0 Å². The number of nitriles is 1. The number of para-hydroxylation sites is 1. The predicted octanol–water partition coefficient (Wildman–Crippen LogP) is 1.94. The Morgan fingerprint density at radius 1 is 1.15 bits per heavy atom. The second-order valence-corrected chi connectivity index (χ2v) is 6.10. The van der Waals surface area contributed by atoms with Gasteiger partial charge >= 0.3 is 0 Å². The van der Waals surface area contributed by atoms with Crippen LogP contribution in [0, 0.1) is 11.3 Å². The lowest BCUT2D eigenvalue weighted by atomic mass is 10.2. The van der Waals surface area contributed by atoms with Gasteiger partial charge in [-0.15, -0.1) is 0 Å². The number of hydrogen-bond acceptors (Lipinski definition) is 5. The van der Waals surface area contributed by atoms with Gasteiger partial charge in [-0.05, 0) is 18.2 Å². The number of amides is 2. The highest BCUT2D eigenvalue weighted by Gasteiger charge is 2.22. The first kappa shape index (κ1) is 17.7. The molecule has 1 aromatic heterocycles. The van der Waals surface area contributed by atoms with Gasteiger partial charge in [0, 0.05) is 39.1 Å². The van der Waals surface area contributed by atoms with Gasteiger partial charge in [-0.3, -0.25) is 14.5 Å². The molecule has 0 saturated carbocycles. The van der Waals surface area contributed by atoms with E-state index in [1.165, 1.54) is 12.5 Å². The van der Waals surface area contributed by atoms with Gasteiger partial charge in [-0.25, -0.2) is 0 Å². The fourth-order valence-electron chi connectivity index (χ4n) is 2.91. The average Bonchev–Trinajstić information content (AvgIpc) is 3.21. The Morgan fingerprint density at radius 3 is 2.62 bits per heavy atom. The van der Waals surface area contributed by atoms with E-state index in [0.717, 1.165) is 13.1 Å². The number of furan rings is 1. The number of carbonyl (C=O) groups excluding carboxylic acids is 2. The number of hydrogen-bond donors (Lipinski definition) is 1. The number of rotatable bonds is 5. The maximum atomic E-state index is 12.3. The molecule has 1 N–H and O–H groups in total. The summed E-state index contributed by atoms with van der Waals surface area (Å²) in [4.78, 5) is 28.3. The summed E-state index contributed by atoms with van der Waals surface area (Å²) in [6.45, 7) is 3.33. The molecule has 7 heteroatoms. The zero-order valence-corrected chi connectivity index (χ0v) is 14.4. The Balaban J connectivity index is 1.43. The van der Waals surface area contributed by atoms with Gasteiger partial charge in [-0.1, -0.05) is 12.1 Å². The zero-order chi connectivity index (χ0) is 18.4. The van der Waals surface area contributed by atoms with Crippen LogP contribution in [0.2, 0.25) is 0 Å². The quantitative estimate of drug-likeness (QED) is 0.888. The molecular weight excluding hydrogens is 332 g/mol. The Morgan fingerprint density at radius 2 is 1.92 bits per heavy atom. The second-order valence-electron chi connectivity index (χ2n) is 6.10. The maximum Gasteiger partial charge on any atom is 0.257 e. The summed E-state index contributed by atoms with van der Waals surface area (Å²) in [6.07, 6.45) is 3.29. The molecule has 1 saturated heterocycles. The summed E-state index contributed by atoms with van der Waals surface area (Å²) in [6, 6.07) is 10.7. The predicted molar refractivity (Wildman–Crippen MR) is 95.5 cm³/mol. The first-order chi connectivity index (χ1) is 12.7. The Kier molecular flexibility index (Phi) is 5.66. The van der Waals surface area contributed by atoms with Gasteiger partial charge in [0.05, 0.1) is 23.1 Å². The minimum atomic E-state index is -0.121. The molecule has 1 fully saturated rings. The third kappa shape index (κ3) is 4.29. The molecule has 0 atom stereocenters. The van der Waals surface area contributed by atoms with Crippen molar-refractivity contribution >= 4 is 17.5 Å². The number of anilines is 1. The van der Waals surface area contributed by atoms with Crippen molar-refractivity contribution in [1.29, 1.82) is 5.26 Å². The minimum Gasteiger partial charge on any atom is -0.472 e. The lowest BCUT2D eigenvalue weighted by Crippen LogP contribution is -2.49. The molecule has 1 aliphatic heterocycles. The molecule has 1 aliphatic rings. The number of piperazine rings is 1. The first-order valence-electron chi connectivity index (χ1n) is 8.50.